The first-order valence-electron chi connectivity index (χ1n) is 20.8. The summed E-state index contributed by atoms with van der Waals surface area (Å²) in [6.07, 6.45) is 9.85. The standard InChI is InChI=1S/C44H48F2N8O6/c1-43(45,46)36-8-4-7-31(48-36)39(56)49-33-17-27-22-53(51-32(27)18-35(33)60-2)28-11-9-25(10-12-28)21-52-23-44(24-52)19-26(20-44)15-16-47-30-6-3-5-29-38(30)42(59)54(41(29)58)34-13-14-37(55)50-40(34)57/h3-8,17-18,22,25-26,28,34,47H,9-16,19-21,23-24H2,1-2H3,(H,49,56)(H,50,55,57)/t25?,28?,34-/m1/s1. The molecule has 2 aliphatic carbocycles. The zero-order valence-electron chi connectivity index (χ0n) is 33.6. The van der Waals surface area contributed by atoms with Crippen LogP contribution in [0.1, 0.15) is 108 Å². The van der Waals surface area contributed by atoms with Gasteiger partial charge in [0.1, 0.15) is 23.2 Å². The maximum Gasteiger partial charge on any atom is 0.287 e. The van der Waals surface area contributed by atoms with Gasteiger partial charge in [-0.25, -0.2) is 4.98 Å². The molecule has 60 heavy (non-hydrogen) atoms. The molecule has 1 spiro atoms. The number of fused-ring (bicyclic) bond motifs is 2. The number of nitrogens with one attached hydrogen (secondary N) is 3. The van der Waals surface area contributed by atoms with Crippen molar-refractivity contribution in [3.8, 4) is 5.75 Å². The zero-order chi connectivity index (χ0) is 41.9. The Morgan fingerprint density at radius 3 is 2.47 bits per heavy atom. The van der Waals surface area contributed by atoms with E-state index in [1.54, 1.807) is 30.3 Å². The van der Waals surface area contributed by atoms with Crippen LogP contribution in [0.25, 0.3) is 10.9 Å². The molecule has 5 aliphatic rings. The van der Waals surface area contributed by atoms with Gasteiger partial charge in [-0.15, -0.1) is 0 Å². The number of carbonyl (C=O) groups is 5. The monoisotopic (exact) mass is 822 g/mol. The number of methoxy groups -OCH3 is 1. The molecule has 9 rings (SSSR count). The predicted molar refractivity (Wildman–Crippen MR) is 217 cm³/mol. The number of hydrogen-bond donors (Lipinski definition) is 3. The molecular weight excluding hydrogens is 775 g/mol. The van der Waals surface area contributed by atoms with Gasteiger partial charge in [-0.1, -0.05) is 12.1 Å². The van der Waals surface area contributed by atoms with Gasteiger partial charge in [0.05, 0.1) is 35.5 Å². The van der Waals surface area contributed by atoms with Gasteiger partial charge in [0.2, 0.25) is 11.8 Å². The SMILES string of the molecule is COc1cc2nn(C3CCC(CN4CC5(CC(CCNc6cccc7c6C(=O)N([C@@H]6CCC(=O)NC6=O)C7=O)C5)C4)CC3)cc2cc1NC(=O)c1cccc(C(C)(F)F)n1. The lowest BCUT2D eigenvalue weighted by Crippen LogP contribution is -2.63. The van der Waals surface area contributed by atoms with Crippen LogP contribution >= 0.6 is 0 Å². The van der Waals surface area contributed by atoms with Crippen molar-refractivity contribution < 1.29 is 37.5 Å². The van der Waals surface area contributed by atoms with Crippen molar-refractivity contribution in [2.45, 2.75) is 82.7 Å². The number of imide groups is 2. The highest BCUT2D eigenvalue weighted by molar-refractivity contribution is 6.25. The minimum Gasteiger partial charge on any atom is -0.494 e. The van der Waals surface area contributed by atoms with Crippen LogP contribution in [0.4, 0.5) is 20.2 Å². The van der Waals surface area contributed by atoms with Crippen molar-refractivity contribution in [3.63, 3.8) is 0 Å². The Morgan fingerprint density at radius 2 is 1.73 bits per heavy atom. The number of benzene rings is 2. The molecule has 0 unspecified atom stereocenters. The van der Waals surface area contributed by atoms with Crippen molar-refractivity contribution in [2.75, 3.05) is 43.9 Å². The van der Waals surface area contributed by atoms with Gasteiger partial charge in [0.15, 0.2) is 0 Å². The number of piperidine rings is 1. The molecule has 5 amide bonds. The minimum absolute atomic E-state index is 0.0843. The molecular formula is C44H48F2N8O6. The molecule has 314 valence electrons. The summed E-state index contributed by atoms with van der Waals surface area (Å²) in [6, 6.07) is 12.0. The van der Waals surface area contributed by atoms with Crippen molar-refractivity contribution in [1.82, 2.24) is 29.9 Å². The zero-order valence-corrected chi connectivity index (χ0v) is 33.6. The number of carbonyl (C=O) groups excluding carboxylic acids is 5. The average molecular weight is 823 g/mol. The first kappa shape index (κ1) is 39.7. The van der Waals surface area contributed by atoms with E-state index in [2.05, 4.69) is 25.8 Å². The number of anilines is 2. The second-order valence-electron chi connectivity index (χ2n) is 17.5. The Bertz CT molecular complexity index is 2390. The number of aromatic nitrogens is 3. The molecule has 3 aliphatic heterocycles. The van der Waals surface area contributed by atoms with E-state index < -0.39 is 47.2 Å². The fourth-order valence-electron chi connectivity index (χ4n) is 10.2. The lowest BCUT2D eigenvalue weighted by atomic mass is 9.57. The number of nitrogens with zero attached hydrogens (tertiary/aromatic N) is 5. The van der Waals surface area contributed by atoms with E-state index in [-0.39, 0.29) is 30.1 Å². The van der Waals surface area contributed by atoms with E-state index in [4.69, 9.17) is 9.84 Å². The first-order valence-corrected chi connectivity index (χ1v) is 20.8. The average Bonchev–Trinajstić information content (AvgIpc) is 3.73. The molecule has 2 aromatic carbocycles. The molecule has 2 saturated carbocycles. The molecule has 5 heterocycles. The van der Waals surface area contributed by atoms with Crippen LogP contribution < -0.4 is 20.7 Å². The van der Waals surface area contributed by atoms with Gasteiger partial charge in [0.25, 0.3) is 23.6 Å². The molecule has 3 N–H and O–H groups in total. The van der Waals surface area contributed by atoms with Crippen molar-refractivity contribution in [3.05, 3.63) is 77.2 Å². The largest absolute Gasteiger partial charge is 0.494 e. The van der Waals surface area contributed by atoms with Gasteiger partial charge in [0, 0.05) is 62.9 Å². The lowest BCUT2D eigenvalue weighted by molar-refractivity contribution is -0.136. The second-order valence-corrected chi connectivity index (χ2v) is 17.5. The van der Waals surface area contributed by atoms with Gasteiger partial charge < -0.3 is 20.3 Å². The Balaban J connectivity index is 0.719. The van der Waals surface area contributed by atoms with Crippen molar-refractivity contribution >= 4 is 51.8 Å². The Kier molecular flexibility index (Phi) is 10.2. The number of halogens is 2. The highest BCUT2D eigenvalue weighted by atomic mass is 19.3. The number of rotatable bonds is 12. The van der Waals surface area contributed by atoms with E-state index in [1.165, 1.54) is 38.2 Å². The van der Waals surface area contributed by atoms with Gasteiger partial charge in [-0.2, -0.15) is 13.9 Å². The maximum atomic E-state index is 13.8. The highest BCUT2D eigenvalue weighted by Gasteiger charge is 2.52. The molecule has 14 nitrogen and oxygen atoms in total. The number of ether oxygens (including phenoxy) is 1. The maximum absolute atomic E-state index is 13.8. The third-order valence-electron chi connectivity index (χ3n) is 13.1. The molecule has 1 atom stereocenters. The topological polar surface area (TPSA) is 168 Å². The van der Waals surface area contributed by atoms with E-state index >= 15 is 0 Å². The Labute approximate surface area is 345 Å². The predicted octanol–water partition coefficient (Wildman–Crippen LogP) is 6.15. The number of alkyl halides is 2. The number of likely N-dealkylation sites (tertiary alicyclic amines) is 1. The summed E-state index contributed by atoms with van der Waals surface area (Å²) in [5, 5.41) is 14.1. The number of hydrogen-bond acceptors (Lipinski definition) is 10. The fraction of sp³-hybridized carbons (Fsp3) is 0.477. The highest BCUT2D eigenvalue weighted by Crippen LogP contribution is 2.53. The van der Waals surface area contributed by atoms with Crippen LogP contribution in [0.15, 0.2) is 54.7 Å². The van der Waals surface area contributed by atoms with E-state index in [0.29, 0.717) is 46.5 Å². The van der Waals surface area contributed by atoms with Crippen LogP contribution in [-0.2, 0) is 15.5 Å². The molecule has 2 saturated heterocycles. The third kappa shape index (κ3) is 7.50. The lowest BCUT2D eigenvalue weighted by Gasteiger charge is -2.60. The van der Waals surface area contributed by atoms with Gasteiger partial charge >= 0.3 is 0 Å². The van der Waals surface area contributed by atoms with Crippen LogP contribution in [0.5, 0.6) is 5.75 Å². The van der Waals surface area contributed by atoms with Gasteiger partial charge in [-0.3, -0.25) is 38.9 Å². The third-order valence-corrected chi connectivity index (χ3v) is 13.1. The quantitative estimate of drug-likeness (QED) is 0.141. The molecule has 4 fully saturated rings. The molecule has 16 heteroatoms. The minimum atomic E-state index is -3.17. The summed E-state index contributed by atoms with van der Waals surface area (Å²) in [5.41, 5.74) is 2.14. The summed E-state index contributed by atoms with van der Waals surface area (Å²) >= 11 is 0. The summed E-state index contributed by atoms with van der Waals surface area (Å²) < 4.78 is 35.2. The molecule has 2 aromatic heterocycles. The summed E-state index contributed by atoms with van der Waals surface area (Å²) in [5.74, 6) is -4.14. The molecule has 0 bridgehead atoms. The van der Waals surface area contributed by atoms with E-state index in [0.717, 1.165) is 74.5 Å². The number of amides is 5. The van der Waals surface area contributed by atoms with Crippen LogP contribution in [0, 0.1) is 17.3 Å². The fourth-order valence-corrected chi connectivity index (χ4v) is 10.2. The first-order chi connectivity index (χ1) is 28.8. The summed E-state index contributed by atoms with van der Waals surface area (Å²) in [7, 11) is 1.50. The van der Waals surface area contributed by atoms with Crippen LogP contribution in [0.2, 0.25) is 0 Å². The van der Waals surface area contributed by atoms with Crippen molar-refractivity contribution in [1.29, 1.82) is 0 Å². The Morgan fingerprint density at radius 1 is 0.967 bits per heavy atom. The van der Waals surface area contributed by atoms with Crippen molar-refractivity contribution in [2.24, 2.45) is 17.3 Å². The summed E-state index contributed by atoms with van der Waals surface area (Å²) in [4.78, 5) is 71.2. The number of pyridine rings is 1. The Hall–Kier alpha value is -5.77. The van der Waals surface area contributed by atoms with Gasteiger partial charge in [-0.05, 0) is 98.9 Å². The van der Waals surface area contributed by atoms with E-state index in [1.807, 2.05) is 10.9 Å². The molecule has 4 aromatic rings. The van der Waals surface area contributed by atoms with E-state index in [9.17, 15) is 32.8 Å². The van der Waals surface area contributed by atoms with Crippen LogP contribution in [0.3, 0.4) is 0 Å². The van der Waals surface area contributed by atoms with Crippen LogP contribution in [-0.4, -0.2) is 93.4 Å². The molecule has 0 radical (unpaired) electrons. The smallest absolute Gasteiger partial charge is 0.287 e. The summed E-state index contributed by atoms with van der Waals surface area (Å²) in [6.45, 7) is 4.80. The normalized spacial score (nSPS) is 23.0. The second kappa shape index (κ2) is 15.4.